The zero-order valence-electron chi connectivity index (χ0n) is 5.79. The summed E-state index contributed by atoms with van der Waals surface area (Å²) in [5.41, 5.74) is 5.27. The van der Waals surface area contributed by atoms with E-state index in [1.165, 1.54) is 0 Å². The molecule has 2 atom stereocenters. The number of hydrogen-bond acceptors (Lipinski definition) is 2. The van der Waals surface area contributed by atoms with Crippen LogP contribution in [-0.2, 0) is 4.79 Å². The molecule has 0 aromatic heterocycles. The molecule has 0 aromatic carbocycles. The van der Waals surface area contributed by atoms with E-state index in [1.807, 2.05) is 13.8 Å². The molecule has 0 fully saturated rings. The molecule has 0 aliphatic heterocycles. The molecule has 0 heterocycles. The van der Waals surface area contributed by atoms with Crippen molar-refractivity contribution >= 4 is 43.7 Å². The van der Waals surface area contributed by atoms with Crippen LogP contribution >= 0.6 is 0 Å². The van der Waals surface area contributed by atoms with Crippen molar-refractivity contribution in [1.82, 2.24) is 0 Å². The molecular weight excluding hydrogens is 158 g/mol. The van der Waals surface area contributed by atoms with E-state index in [-0.39, 0.29) is 43.7 Å². The summed E-state index contributed by atoms with van der Waals surface area (Å²) < 4.78 is 0. The second-order valence-electron chi connectivity index (χ2n) is 2.25. The van der Waals surface area contributed by atoms with Gasteiger partial charge in [0.25, 0.3) is 0 Å². The summed E-state index contributed by atoms with van der Waals surface area (Å²) in [6.07, 6.45) is 0.813. The van der Waals surface area contributed by atoms with Crippen molar-refractivity contribution in [2.45, 2.75) is 26.3 Å². The summed E-state index contributed by atoms with van der Waals surface area (Å²) in [4.78, 5) is 10.2. The first-order valence-electron chi connectivity index (χ1n) is 3.08. The van der Waals surface area contributed by atoms with E-state index in [4.69, 9.17) is 10.8 Å². The number of carbonyl (C=O) groups is 1. The van der Waals surface area contributed by atoms with Crippen molar-refractivity contribution in [3.63, 3.8) is 0 Å². The van der Waals surface area contributed by atoms with E-state index < -0.39 is 12.0 Å². The van der Waals surface area contributed by atoms with Gasteiger partial charge in [-0.15, -0.1) is 0 Å². The van der Waals surface area contributed by atoms with Crippen LogP contribution < -0.4 is 5.73 Å². The molecule has 0 aromatic rings. The van der Waals surface area contributed by atoms with Crippen LogP contribution in [0.25, 0.3) is 0 Å². The summed E-state index contributed by atoms with van der Waals surface area (Å²) in [5, 5.41) is 8.36. The quantitative estimate of drug-likeness (QED) is 0.567. The van der Waals surface area contributed by atoms with E-state index in [0.717, 1.165) is 6.42 Å². The van der Waals surface area contributed by atoms with E-state index in [0.29, 0.717) is 0 Å². The Kier molecular flexibility index (Phi) is 8.51. The first-order chi connectivity index (χ1) is 4.09. The van der Waals surface area contributed by atoms with Gasteiger partial charge in [0.15, 0.2) is 0 Å². The summed E-state index contributed by atoms with van der Waals surface area (Å²) in [5.74, 6) is -0.841. The maximum absolute atomic E-state index is 10.2. The monoisotopic (exact) mass is 173 g/mol. The number of rotatable bonds is 3. The molecule has 10 heavy (non-hydrogen) atoms. The Morgan fingerprint density at radius 2 is 2.10 bits per heavy atom. The average molecular weight is 173 g/mol. The number of aliphatic carboxylic acids is 1. The minimum absolute atomic E-state index is 0. The fourth-order valence-electron chi connectivity index (χ4n) is 0.497. The van der Waals surface area contributed by atoms with E-state index in [9.17, 15) is 4.79 Å². The fraction of sp³-hybridized carbons (Fsp3) is 0.833. The Bertz CT molecular complexity index is 108. The molecule has 0 saturated carbocycles. The third kappa shape index (κ3) is 4.50. The molecule has 0 amide bonds. The Labute approximate surface area is 91.0 Å². The second-order valence-corrected chi connectivity index (χ2v) is 2.25. The molecule has 0 spiro atoms. The van der Waals surface area contributed by atoms with Gasteiger partial charge in [-0.05, 0) is 5.92 Å². The van der Waals surface area contributed by atoms with Gasteiger partial charge in [-0.1, -0.05) is 20.3 Å². The van der Waals surface area contributed by atoms with Crippen LogP contribution in [0.15, 0.2) is 0 Å². The number of nitrogens with two attached hydrogens (primary N) is 1. The van der Waals surface area contributed by atoms with Crippen LogP contribution in [-0.4, -0.2) is 54.9 Å². The summed E-state index contributed by atoms with van der Waals surface area (Å²) in [6, 6.07) is -0.699. The minimum atomic E-state index is -0.913. The van der Waals surface area contributed by atoms with Crippen LogP contribution in [0.3, 0.4) is 0 Å². The molecule has 0 bridgehead atoms. The van der Waals surface area contributed by atoms with Crippen molar-refractivity contribution < 1.29 is 9.90 Å². The molecule has 4 heteroatoms. The predicted octanol–water partition coefficient (Wildman–Crippen LogP) is -0.472. The normalized spacial score (nSPS) is 15.1. The second kappa shape index (κ2) is 6.40. The molecule has 3 nitrogen and oxygen atoms in total. The third-order valence-corrected chi connectivity index (χ3v) is 1.54. The molecular formula is C6H15CaNO2. The molecule has 0 radical (unpaired) electrons. The molecule has 2 unspecified atom stereocenters. The number of carboxylic acid groups (broad SMARTS) is 1. The number of carboxylic acids is 1. The maximum atomic E-state index is 10.2. The van der Waals surface area contributed by atoms with Gasteiger partial charge in [-0.2, -0.15) is 0 Å². The third-order valence-electron chi connectivity index (χ3n) is 1.54. The van der Waals surface area contributed by atoms with Gasteiger partial charge in [-0.3, -0.25) is 4.79 Å². The van der Waals surface area contributed by atoms with Gasteiger partial charge in [0.05, 0.1) is 0 Å². The molecule has 0 aliphatic rings. The van der Waals surface area contributed by atoms with Crippen molar-refractivity contribution in [2.24, 2.45) is 11.7 Å². The summed E-state index contributed by atoms with van der Waals surface area (Å²) in [6.45, 7) is 3.76. The zero-order chi connectivity index (χ0) is 7.44. The number of hydrogen-bond donors (Lipinski definition) is 2. The predicted molar refractivity (Wildman–Crippen MR) is 43.6 cm³/mol. The van der Waals surface area contributed by atoms with Crippen molar-refractivity contribution in [1.29, 1.82) is 0 Å². The van der Waals surface area contributed by atoms with Crippen molar-refractivity contribution in [3.8, 4) is 0 Å². The van der Waals surface area contributed by atoms with Gasteiger partial charge in [0.1, 0.15) is 6.04 Å². The Morgan fingerprint density at radius 3 is 2.20 bits per heavy atom. The molecule has 3 N–H and O–H groups in total. The van der Waals surface area contributed by atoms with Crippen LogP contribution in [0, 0.1) is 5.92 Å². The van der Waals surface area contributed by atoms with E-state index in [1.54, 1.807) is 0 Å². The van der Waals surface area contributed by atoms with E-state index >= 15 is 0 Å². The van der Waals surface area contributed by atoms with Gasteiger partial charge in [0, 0.05) is 0 Å². The van der Waals surface area contributed by atoms with Gasteiger partial charge >= 0.3 is 43.7 Å². The summed E-state index contributed by atoms with van der Waals surface area (Å²) in [7, 11) is 0. The first-order valence-corrected chi connectivity index (χ1v) is 3.08. The van der Waals surface area contributed by atoms with Gasteiger partial charge < -0.3 is 10.8 Å². The standard InChI is InChI=1S/C6H13NO2.Ca.2H/c1-3-4(2)5(7)6(8)9;;;/h4-5H,3,7H2,1-2H3,(H,8,9);;;. The average Bonchev–Trinajstić information content (AvgIpc) is 1.84. The van der Waals surface area contributed by atoms with E-state index in [2.05, 4.69) is 0 Å². The topological polar surface area (TPSA) is 63.3 Å². The zero-order valence-corrected chi connectivity index (χ0v) is 5.79. The van der Waals surface area contributed by atoms with Gasteiger partial charge in [0.2, 0.25) is 0 Å². The van der Waals surface area contributed by atoms with Crippen molar-refractivity contribution in [3.05, 3.63) is 0 Å². The first kappa shape index (κ1) is 13.3. The van der Waals surface area contributed by atoms with Crippen molar-refractivity contribution in [2.75, 3.05) is 0 Å². The molecule has 0 rings (SSSR count). The molecule has 0 saturated heterocycles. The van der Waals surface area contributed by atoms with Crippen LogP contribution in [0.5, 0.6) is 0 Å². The van der Waals surface area contributed by atoms with Crippen LogP contribution in [0.1, 0.15) is 20.3 Å². The Hall–Kier alpha value is 0.690. The Morgan fingerprint density at radius 1 is 1.70 bits per heavy atom. The van der Waals surface area contributed by atoms with Gasteiger partial charge in [-0.25, -0.2) is 0 Å². The molecule has 58 valence electrons. The van der Waals surface area contributed by atoms with Crippen LogP contribution in [0.2, 0.25) is 0 Å². The SMILES string of the molecule is CCC(C)C(N)C(=O)O.[CaH2]. The fourth-order valence-corrected chi connectivity index (χ4v) is 0.497. The van der Waals surface area contributed by atoms with Crippen LogP contribution in [0.4, 0.5) is 0 Å². The summed E-state index contributed by atoms with van der Waals surface area (Å²) >= 11 is 0. The molecule has 0 aliphatic carbocycles. The Balaban J connectivity index is 0.